The molecule has 1 aromatic carbocycles. The fourth-order valence-corrected chi connectivity index (χ4v) is 2.69. The van der Waals surface area contributed by atoms with E-state index in [2.05, 4.69) is 11.9 Å². The van der Waals surface area contributed by atoms with Gasteiger partial charge in [-0.05, 0) is 25.2 Å². The van der Waals surface area contributed by atoms with Crippen LogP contribution in [0.3, 0.4) is 0 Å². The number of nitrogens with two attached hydrogens (primary N) is 1. The second-order valence-corrected chi connectivity index (χ2v) is 5.34. The summed E-state index contributed by atoms with van der Waals surface area (Å²) in [5, 5.41) is 0. The molecule has 1 aliphatic heterocycles. The Morgan fingerprint density at radius 1 is 1.59 bits per heavy atom. The van der Waals surface area contributed by atoms with Gasteiger partial charge in [0, 0.05) is 23.7 Å². The van der Waals surface area contributed by atoms with Gasteiger partial charge in [-0.15, -0.1) is 11.8 Å². The standard InChI is InChI=1S/C12H17FN2OS/c1-15-4-5-16-9(7-15)8-17-10-2-3-12(14)11(13)6-10/h2-3,6,9H,4-5,7-8,14H2,1H3. The number of hydrogen-bond acceptors (Lipinski definition) is 4. The van der Waals surface area contributed by atoms with Crippen LogP contribution >= 0.6 is 11.8 Å². The Balaban J connectivity index is 1.86. The van der Waals surface area contributed by atoms with Crippen molar-refractivity contribution in [2.45, 2.75) is 11.0 Å². The first-order valence-corrected chi connectivity index (χ1v) is 6.61. The molecule has 1 heterocycles. The lowest BCUT2D eigenvalue weighted by Gasteiger charge is -2.29. The third kappa shape index (κ3) is 3.59. The summed E-state index contributed by atoms with van der Waals surface area (Å²) in [6.45, 7) is 2.69. The minimum absolute atomic E-state index is 0.197. The van der Waals surface area contributed by atoms with Crippen molar-refractivity contribution in [3.8, 4) is 0 Å². The van der Waals surface area contributed by atoms with Gasteiger partial charge in [-0.2, -0.15) is 0 Å². The number of anilines is 1. The molecule has 0 aromatic heterocycles. The topological polar surface area (TPSA) is 38.5 Å². The zero-order valence-electron chi connectivity index (χ0n) is 9.86. The summed E-state index contributed by atoms with van der Waals surface area (Å²) in [6.07, 6.45) is 0.222. The van der Waals surface area contributed by atoms with Crippen LogP contribution in [0, 0.1) is 5.82 Å². The molecule has 0 amide bonds. The van der Waals surface area contributed by atoms with Crippen LogP contribution in [0.2, 0.25) is 0 Å². The molecule has 2 rings (SSSR count). The Kier molecular flexibility index (Phi) is 4.25. The molecule has 0 radical (unpaired) electrons. The van der Waals surface area contributed by atoms with Crippen molar-refractivity contribution in [3.05, 3.63) is 24.0 Å². The van der Waals surface area contributed by atoms with Gasteiger partial charge in [0.2, 0.25) is 0 Å². The molecule has 3 nitrogen and oxygen atoms in total. The molecule has 2 N–H and O–H groups in total. The maximum absolute atomic E-state index is 13.2. The first-order chi connectivity index (χ1) is 8.15. The van der Waals surface area contributed by atoms with Crippen molar-refractivity contribution in [2.24, 2.45) is 0 Å². The first-order valence-electron chi connectivity index (χ1n) is 5.63. The largest absolute Gasteiger partial charge is 0.396 e. The highest BCUT2D eigenvalue weighted by Crippen LogP contribution is 2.23. The maximum atomic E-state index is 13.2. The summed E-state index contributed by atoms with van der Waals surface area (Å²) in [6, 6.07) is 4.92. The summed E-state index contributed by atoms with van der Waals surface area (Å²) in [5.74, 6) is 0.491. The summed E-state index contributed by atoms with van der Waals surface area (Å²) in [4.78, 5) is 3.15. The van der Waals surface area contributed by atoms with E-state index in [4.69, 9.17) is 10.5 Å². The van der Waals surface area contributed by atoms with Gasteiger partial charge in [0.1, 0.15) is 5.82 Å². The van der Waals surface area contributed by atoms with Crippen LogP contribution in [0.4, 0.5) is 10.1 Å². The van der Waals surface area contributed by atoms with Crippen molar-refractivity contribution >= 4 is 17.4 Å². The Hall–Kier alpha value is -0.780. The number of hydrogen-bond donors (Lipinski definition) is 1. The van der Waals surface area contributed by atoms with Crippen LogP contribution < -0.4 is 5.73 Å². The lowest BCUT2D eigenvalue weighted by atomic mass is 10.3. The predicted molar refractivity (Wildman–Crippen MR) is 68.8 cm³/mol. The molecule has 0 saturated carbocycles. The Labute approximate surface area is 105 Å². The number of thioether (sulfide) groups is 1. The van der Waals surface area contributed by atoms with Gasteiger partial charge in [0.05, 0.1) is 18.4 Å². The molecular formula is C12H17FN2OS. The van der Waals surface area contributed by atoms with Crippen molar-refractivity contribution in [1.29, 1.82) is 0 Å². The Morgan fingerprint density at radius 2 is 2.41 bits per heavy atom. The molecule has 94 valence electrons. The third-order valence-electron chi connectivity index (χ3n) is 2.75. The van der Waals surface area contributed by atoms with Gasteiger partial charge in [-0.1, -0.05) is 0 Å². The number of likely N-dealkylation sites (N-methyl/N-ethyl adjacent to an activating group) is 1. The normalized spacial score (nSPS) is 21.6. The van der Waals surface area contributed by atoms with E-state index in [1.54, 1.807) is 17.8 Å². The van der Waals surface area contributed by atoms with Crippen molar-refractivity contribution in [2.75, 3.05) is 38.2 Å². The predicted octanol–water partition coefficient (Wildman–Crippen LogP) is 1.83. The minimum atomic E-state index is -0.350. The number of rotatable bonds is 3. The van der Waals surface area contributed by atoms with Crippen LogP contribution in [0.15, 0.2) is 23.1 Å². The van der Waals surface area contributed by atoms with Crippen LogP contribution in [0.25, 0.3) is 0 Å². The highest BCUT2D eigenvalue weighted by atomic mass is 32.2. The molecule has 1 aromatic rings. The minimum Gasteiger partial charge on any atom is -0.396 e. The second-order valence-electron chi connectivity index (χ2n) is 4.25. The monoisotopic (exact) mass is 256 g/mol. The van der Waals surface area contributed by atoms with Gasteiger partial charge < -0.3 is 15.4 Å². The highest BCUT2D eigenvalue weighted by molar-refractivity contribution is 7.99. The van der Waals surface area contributed by atoms with Crippen molar-refractivity contribution in [3.63, 3.8) is 0 Å². The molecule has 1 saturated heterocycles. The number of nitrogen functional groups attached to an aromatic ring is 1. The average Bonchev–Trinajstić information content (AvgIpc) is 2.31. The van der Waals surface area contributed by atoms with Gasteiger partial charge >= 0.3 is 0 Å². The fraction of sp³-hybridized carbons (Fsp3) is 0.500. The SMILES string of the molecule is CN1CCOC(CSc2ccc(N)c(F)c2)C1. The summed E-state index contributed by atoms with van der Waals surface area (Å²) >= 11 is 1.60. The van der Waals surface area contributed by atoms with E-state index < -0.39 is 0 Å². The number of halogens is 1. The van der Waals surface area contributed by atoms with E-state index >= 15 is 0 Å². The average molecular weight is 256 g/mol. The molecule has 0 spiro atoms. The van der Waals surface area contributed by atoms with Crippen LogP contribution in [-0.4, -0.2) is 43.5 Å². The zero-order valence-corrected chi connectivity index (χ0v) is 10.7. The smallest absolute Gasteiger partial charge is 0.147 e. The molecule has 17 heavy (non-hydrogen) atoms. The van der Waals surface area contributed by atoms with E-state index in [9.17, 15) is 4.39 Å². The second kappa shape index (κ2) is 5.71. The van der Waals surface area contributed by atoms with Crippen molar-refractivity contribution in [1.82, 2.24) is 4.90 Å². The van der Waals surface area contributed by atoms with Gasteiger partial charge in [0.25, 0.3) is 0 Å². The molecular weight excluding hydrogens is 239 g/mol. The van der Waals surface area contributed by atoms with Gasteiger partial charge in [-0.25, -0.2) is 4.39 Å². The molecule has 0 bridgehead atoms. The van der Waals surface area contributed by atoms with Gasteiger partial charge in [0.15, 0.2) is 0 Å². The number of ether oxygens (including phenoxy) is 1. The molecule has 1 atom stereocenters. The van der Waals surface area contributed by atoms with E-state index in [1.807, 2.05) is 6.07 Å². The third-order valence-corrected chi connectivity index (χ3v) is 3.88. The molecule has 1 fully saturated rings. The quantitative estimate of drug-likeness (QED) is 0.661. The molecule has 5 heteroatoms. The molecule has 1 unspecified atom stereocenters. The van der Waals surface area contributed by atoms with E-state index in [0.29, 0.717) is 0 Å². The number of morpholine rings is 1. The highest BCUT2D eigenvalue weighted by Gasteiger charge is 2.17. The van der Waals surface area contributed by atoms with E-state index in [-0.39, 0.29) is 17.6 Å². The molecule has 1 aliphatic rings. The van der Waals surface area contributed by atoms with Gasteiger partial charge in [-0.3, -0.25) is 0 Å². The Bertz CT molecular complexity index is 389. The van der Waals surface area contributed by atoms with Crippen molar-refractivity contribution < 1.29 is 9.13 Å². The summed E-state index contributed by atoms with van der Waals surface area (Å²) in [7, 11) is 2.09. The first kappa shape index (κ1) is 12.7. The van der Waals surface area contributed by atoms with Crippen LogP contribution in [-0.2, 0) is 4.74 Å². The number of nitrogens with zero attached hydrogens (tertiary/aromatic N) is 1. The number of benzene rings is 1. The van der Waals surface area contributed by atoms with Crippen LogP contribution in [0.1, 0.15) is 0 Å². The van der Waals surface area contributed by atoms with E-state index in [0.717, 1.165) is 30.3 Å². The summed E-state index contributed by atoms with van der Waals surface area (Å²) in [5.41, 5.74) is 5.63. The van der Waals surface area contributed by atoms with E-state index in [1.165, 1.54) is 6.07 Å². The summed E-state index contributed by atoms with van der Waals surface area (Å²) < 4.78 is 18.9. The fourth-order valence-electron chi connectivity index (χ4n) is 1.75. The maximum Gasteiger partial charge on any atom is 0.147 e. The van der Waals surface area contributed by atoms with Crippen LogP contribution in [0.5, 0.6) is 0 Å². The lowest BCUT2D eigenvalue weighted by molar-refractivity contribution is -0.00598. The Morgan fingerprint density at radius 3 is 3.12 bits per heavy atom. The zero-order chi connectivity index (χ0) is 12.3. The lowest BCUT2D eigenvalue weighted by Crippen LogP contribution is -2.41. The molecule has 0 aliphatic carbocycles.